The minimum Gasteiger partial charge on any atom is -0.503 e. The lowest BCUT2D eigenvalue weighted by molar-refractivity contribution is -0.0369. The SMILES string of the molecule is Oc1c(F)c(F)c2c(cnn2C2CCCCO2)c1F. The Hall–Kier alpha value is -1.76. The van der Waals surface area contributed by atoms with E-state index in [9.17, 15) is 13.2 Å². The lowest BCUT2D eigenvalue weighted by atomic mass is 10.1. The smallest absolute Gasteiger partial charge is 0.205 e. The van der Waals surface area contributed by atoms with Crippen LogP contribution in [0.4, 0.5) is 13.2 Å². The molecule has 0 aliphatic carbocycles. The van der Waals surface area contributed by atoms with Crippen molar-refractivity contribution in [3.05, 3.63) is 23.6 Å². The summed E-state index contributed by atoms with van der Waals surface area (Å²) in [4.78, 5) is 0. The number of hydrogen-bond acceptors (Lipinski definition) is 3. The highest BCUT2D eigenvalue weighted by Gasteiger charge is 2.26. The topological polar surface area (TPSA) is 47.3 Å². The van der Waals surface area contributed by atoms with Crippen LogP contribution in [-0.2, 0) is 4.74 Å². The largest absolute Gasteiger partial charge is 0.503 e. The molecular formula is C12H11F3N2O2. The van der Waals surface area contributed by atoms with Crippen LogP contribution in [0.1, 0.15) is 25.5 Å². The van der Waals surface area contributed by atoms with Gasteiger partial charge in [-0.2, -0.15) is 9.49 Å². The summed E-state index contributed by atoms with van der Waals surface area (Å²) in [6.07, 6.45) is 2.88. The van der Waals surface area contributed by atoms with Crippen molar-refractivity contribution in [1.29, 1.82) is 0 Å². The maximum absolute atomic E-state index is 13.9. The van der Waals surface area contributed by atoms with Gasteiger partial charge in [-0.05, 0) is 19.3 Å². The predicted octanol–water partition coefficient (Wildman–Crippen LogP) is 2.86. The van der Waals surface area contributed by atoms with Gasteiger partial charge < -0.3 is 9.84 Å². The normalized spacial score (nSPS) is 20.1. The quantitative estimate of drug-likeness (QED) is 0.812. The molecule has 2 heterocycles. The van der Waals surface area contributed by atoms with Crippen molar-refractivity contribution in [2.75, 3.05) is 6.61 Å². The second-order valence-electron chi connectivity index (χ2n) is 4.46. The van der Waals surface area contributed by atoms with E-state index < -0.39 is 29.4 Å². The van der Waals surface area contributed by atoms with E-state index in [4.69, 9.17) is 9.84 Å². The molecule has 1 atom stereocenters. The highest BCUT2D eigenvalue weighted by molar-refractivity contribution is 5.82. The van der Waals surface area contributed by atoms with Crippen LogP contribution in [0.3, 0.4) is 0 Å². The van der Waals surface area contributed by atoms with Gasteiger partial charge in [0, 0.05) is 6.61 Å². The average molecular weight is 272 g/mol. The number of aromatic hydroxyl groups is 1. The molecule has 1 saturated heterocycles. The Labute approximate surface area is 106 Å². The van der Waals surface area contributed by atoms with Gasteiger partial charge in [0.2, 0.25) is 5.82 Å². The maximum atomic E-state index is 13.9. The molecule has 19 heavy (non-hydrogen) atoms. The first-order valence-electron chi connectivity index (χ1n) is 5.95. The van der Waals surface area contributed by atoms with Crippen LogP contribution >= 0.6 is 0 Å². The zero-order chi connectivity index (χ0) is 13.6. The molecule has 3 rings (SSSR count). The molecule has 1 unspecified atom stereocenters. The molecule has 1 aromatic carbocycles. The summed E-state index contributed by atoms with van der Waals surface area (Å²) >= 11 is 0. The van der Waals surface area contributed by atoms with Crippen molar-refractivity contribution in [2.24, 2.45) is 0 Å². The Kier molecular flexibility index (Phi) is 2.85. The predicted molar refractivity (Wildman–Crippen MR) is 60.1 cm³/mol. The number of fused-ring (bicyclic) bond motifs is 1. The first kappa shape index (κ1) is 12.3. The zero-order valence-electron chi connectivity index (χ0n) is 9.87. The number of aromatic nitrogens is 2. The Bertz CT molecular complexity index is 636. The van der Waals surface area contributed by atoms with E-state index in [-0.39, 0.29) is 10.9 Å². The van der Waals surface area contributed by atoms with E-state index in [1.807, 2.05) is 0 Å². The van der Waals surface area contributed by atoms with Crippen molar-refractivity contribution in [1.82, 2.24) is 9.78 Å². The van der Waals surface area contributed by atoms with Crippen LogP contribution < -0.4 is 0 Å². The maximum Gasteiger partial charge on any atom is 0.205 e. The van der Waals surface area contributed by atoms with E-state index >= 15 is 0 Å². The number of phenolic OH excluding ortho intramolecular Hbond substituents is 1. The molecule has 102 valence electrons. The molecule has 1 aliphatic rings. The van der Waals surface area contributed by atoms with Gasteiger partial charge in [-0.1, -0.05) is 0 Å². The van der Waals surface area contributed by atoms with Crippen LogP contribution in [0, 0.1) is 17.5 Å². The van der Waals surface area contributed by atoms with Crippen molar-refractivity contribution in [2.45, 2.75) is 25.5 Å². The van der Waals surface area contributed by atoms with Crippen LogP contribution in [0.2, 0.25) is 0 Å². The molecule has 0 radical (unpaired) electrons. The molecule has 1 fully saturated rings. The monoisotopic (exact) mass is 272 g/mol. The fraction of sp³-hybridized carbons (Fsp3) is 0.417. The molecule has 1 N–H and O–H groups in total. The van der Waals surface area contributed by atoms with Gasteiger partial charge in [-0.25, -0.2) is 13.5 Å². The number of hydrogen-bond donors (Lipinski definition) is 1. The highest BCUT2D eigenvalue weighted by Crippen LogP contribution is 2.34. The van der Waals surface area contributed by atoms with E-state index in [0.717, 1.165) is 23.7 Å². The molecule has 0 amide bonds. The molecule has 1 aliphatic heterocycles. The van der Waals surface area contributed by atoms with Gasteiger partial charge in [0.25, 0.3) is 0 Å². The van der Waals surface area contributed by atoms with Gasteiger partial charge >= 0.3 is 0 Å². The van der Waals surface area contributed by atoms with Gasteiger partial charge in [-0.3, -0.25) is 0 Å². The van der Waals surface area contributed by atoms with Crippen LogP contribution in [0.25, 0.3) is 10.9 Å². The summed E-state index contributed by atoms with van der Waals surface area (Å²) in [6.45, 7) is 0.497. The van der Waals surface area contributed by atoms with Crippen LogP contribution in [0.5, 0.6) is 5.75 Å². The number of benzene rings is 1. The number of halogens is 3. The molecule has 0 bridgehead atoms. The Morgan fingerprint density at radius 1 is 1.21 bits per heavy atom. The average Bonchev–Trinajstić information content (AvgIpc) is 2.88. The number of ether oxygens (including phenoxy) is 1. The Balaban J connectivity index is 2.22. The Morgan fingerprint density at radius 3 is 2.68 bits per heavy atom. The molecule has 7 heteroatoms. The fourth-order valence-corrected chi connectivity index (χ4v) is 2.31. The van der Waals surface area contributed by atoms with E-state index in [1.165, 1.54) is 0 Å². The van der Waals surface area contributed by atoms with Crippen molar-refractivity contribution in [3.63, 3.8) is 0 Å². The van der Waals surface area contributed by atoms with E-state index in [1.54, 1.807) is 0 Å². The summed E-state index contributed by atoms with van der Waals surface area (Å²) in [5.41, 5.74) is -0.320. The van der Waals surface area contributed by atoms with Gasteiger partial charge in [0.15, 0.2) is 23.6 Å². The third-order valence-corrected chi connectivity index (χ3v) is 3.28. The van der Waals surface area contributed by atoms with E-state index in [0.29, 0.717) is 13.0 Å². The number of phenols is 1. The van der Waals surface area contributed by atoms with Crippen LogP contribution in [0.15, 0.2) is 6.20 Å². The first-order chi connectivity index (χ1) is 9.11. The molecule has 0 spiro atoms. The summed E-state index contributed by atoms with van der Waals surface area (Å²) in [6, 6.07) is 0. The van der Waals surface area contributed by atoms with Crippen molar-refractivity contribution < 1.29 is 23.0 Å². The third kappa shape index (κ3) is 1.76. The second-order valence-corrected chi connectivity index (χ2v) is 4.46. The van der Waals surface area contributed by atoms with Gasteiger partial charge in [0.1, 0.15) is 5.52 Å². The fourth-order valence-electron chi connectivity index (χ4n) is 2.31. The summed E-state index contributed by atoms with van der Waals surface area (Å²) in [5.74, 6) is -5.46. The van der Waals surface area contributed by atoms with Gasteiger partial charge in [-0.15, -0.1) is 0 Å². The molecule has 4 nitrogen and oxygen atoms in total. The lowest BCUT2D eigenvalue weighted by Gasteiger charge is -2.23. The Morgan fingerprint density at radius 2 is 2.00 bits per heavy atom. The first-order valence-corrected chi connectivity index (χ1v) is 5.95. The summed E-state index contributed by atoms with van der Waals surface area (Å²) in [7, 11) is 0. The van der Waals surface area contributed by atoms with Crippen LogP contribution in [-0.4, -0.2) is 21.5 Å². The summed E-state index contributed by atoms with van der Waals surface area (Å²) < 4.78 is 47.5. The van der Waals surface area contributed by atoms with Crippen molar-refractivity contribution >= 4 is 10.9 Å². The standard InChI is InChI=1S/C12H11F3N2O2/c13-8-6-5-16-17(7-3-1-2-4-19-7)11(6)9(14)10(15)12(8)18/h5,7,18H,1-4H2. The summed E-state index contributed by atoms with van der Waals surface area (Å²) in [5, 5.41) is 12.7. The molecule has 2 aromatic rings. The zero-order valence-corrected chi connectivity index (χ0v) is 9.87. The molecular weight excluding hydrogens is 261 g/mol. The van der Waals surface area contributed by atoms with E-state index in [2.05, 4.69) is 5.10 Å². The number of rotatable bonds is 1. The lowest BCUT2D eigenvalue weighted by Crippen LogP contribution is -2.19. The molecule has 0 saturated carbocycles. The third-order valence-electron chi connectivity index (χ3n) is 3.28. The van der Waals surface area contributed by atoms with Gasteiger partial charge in [0.05, 0.1) is 11.6 Å². The molecule has 1 aromatic heterocycles. The second kappa shape index (κ2) is 4.41. The number of nitrogens with zero attached hydrogens (tertiary/aromatic N) is 2. The van der Waals surface area contributed by atoms with Crippen molar-refractivity contribution in [3.8, 4) is 5.75 Å². The highest BCUT2D eigenvalue weighted by atomic mass is 19.2. The minimum atomic E-state index is -1.61. The minimum absolute atomic E-state index is 0.259.